The number of aliphatic carboxylic acids is 1. The van der Waals surface area contributed by atoms with Gasteiger partial charge in [-0.25, -0.2) is 9.59 Å². The van der Waals surface area contributed by atoms with Gasteiger partial charge in [0, 0.05) is 11.1 Å². The largest absolute Gasteiger partial charge is 0.478 e. The lowest BCUT2D eigenvalue weighted by atomic mass is 9.88. The molecule has 0 amide bonds. The molecule has 4 heteroatoms. The van der Waals surface area contributed by atoms with E-state index >= 15 is 0 Å². The van der Waals surface area contributed by atoms with Crippen LogP contribution in [-0.4, -0.2) is 23.7 Å². The maximum Gasteiger partial charge on any atom is 0.334 e. The van der Waals surface area contributed by atoms with Crippen molar-refractivity contribution >= 4 is 11.9 Å². The molecule has 0 fully saturated rings. The van der Waals surface area contributed by atoms with E-state index in [9.17, 15) is 9.59 Å². The second-order valence-electron chi connectivity index (χ2n) is 2.65. The number of hydrogen-bond acceptors (Lipinski definition) is 3. The van der Waals surface area contributed by atoms with Crippen LogP contribution >= 0.6 is 0 Å². The maximum atomic E-state index is 11.1. The van der Waals surface area contributed by atoms with E-state index in [1.807, 2.05) is 0 Å². The van der Waals surface area contributed by atoms with Crippen molar-refractivity contribution < 1.29 is 19.4 Å². The average Bonchev–Trinajstić information content (AvgIpc) is 1.97. The predicted molar refractivity (Wildman–Crippen MR) is 45.1 cm³/mol. The number of carboxylic acid groups (broad SMARTS) is 1. The van der Waals surface area contributed by atoms with Crippen LogP contribution in [0.25, 0.3) is 0 Å². The summed E-state index contributed by atoms with van der Waals surface area (Å²) in [5.41, 5.74) is 0.461. The smallest absolute Gasteiger partial charge is 0.334 e. The minimum Gasteiger partial charge on any atom is -0.478 e. The monoisotopic (exact) mass is 182 g/mol. The second kappa shape index (κ2) is 3.89. The molecule has 13 heavy (non-hydrogen) atoms. The van der Waals surface area contributed by atoms with Crippen molar-refractivity contribution in [2.75, 3.05) is 6.61 Å². The molecule has 1 rings (SSSR count). The van der Waals surface area contributed by atoms with Crippen molar-refractivity contribution in [2.24, 2.45) is 0 Å². The van der Waals surface area contributed by atoms with Crippen LogP contribution in [0.3, 0.4) is 0 Å². The van der Waals surface area contributed by atoms with E-state index in [1.54, 1.807) is 0 Å². The number of ether oxygens (including phenoxy) is 1. The Balaban J connectivity index is 2.62. The van der Waals surface area contributed by atoms with Gasteiger partial charge in [-0.3, -0.25) is 0 Å². The summed E-state index contributed by atoms with van der Waals surface area (Å²) in [6, 6.07) is 0. The zero-order chi connectivity index (χ0) is 9.84. The Hall–Kier alpha value is -1.58. The number of carbonyl (C=O) groups excluding carboxylic acids is 1. The molecule has 0 atom stereocenters. The Labute approximate surface area is 75.5 Å². The van der Waals surface area contributed by atoms with Crippen LogP contribution in [-0.2, 0) is 14.3 Å². The van der Waals surface area contributed by atoms with Gasteiger partial charge in [0.2, 0.25) is 0 Å². The molecule has 0 spiro atoms. The third-order valence-electron chi connectivity index (χ3n) is 1.83. The molecular formula is C9H10O4. The van der Waals surface area contributed by atoms with Gasteiger partial charge in [0.1, 0.15) is 6.61 Å². The maximum absolute atomic E-state index is 11.1. The number of rotatable bonds is 4. The third-order valence-corrected chi connectivity index (χ3v) is 1.83. The van der Waals surface area contributed by atoms with Crippen molar-refractivity contribution in [1.29, 1.82) is 0 Å². The van der Waals surface area contributed by atoms with Gasteiger partial charge in [-0.2, -0.15) is 0 Å². The fourth-order valence-corrected chi connectivity index (χ4v) is 1.06. The summed E-state index contributed by atoms with van der Waals surface area (Å²) in [4.78, 5) is 21.6. The lowest BCUT2D eigenvalue weighted by molar-refractivity contribution is -0.140. The molecule has 0 bridgehead atoms. The van der Waals surface area contributed by atoms with E-state index in [2.05, 4.69) is 6.58 Å². The Kier molecular flexibility index (Phi) is 2.84. The summed E-state index contributed by atoms with van der Waals surface area (Å²) < 4.78 is 4.70. The molecule has 4 nitrogen and oxygen atoms in total. The van der Waals surface area contributed by atoms with Crippen LogP contribution in [0.15, 0.2) is 23.8 Å². The quantitative estimate of drug-likeness (QED) is 0.518. The molecule has 0 aliphatic heterocycles. The van der Waals surface area contributed by atoms with Crippen LogP contribution in [0.1, 0.15) is 12.8 Å². The first-order chi connectivity index (χ1) is 6.16. The standard InChI is InChI=1S/C9H10O4/c1-2-5-13-9(12)7-4-3-6(7)8(10)11/h2H,1,3-5H2,(H,10,11). The van der Waals surface area contributed by atoms with E-state index in [-0.39, 0.29) is 17.8 Å². The highest BCUT2D eigenvalue weighted by Crippen LogP contribution is 2.28. The lowest BCUT2D eigenvalue weighted by Crippen LogP contribution is -2.21. The molecule has 1 aliphatic rings. The normalized spacial score (nSPS) is 14.8. The van der Waals surface area contributed by atoms with Gasteiger partial charge >= 0.3 is 11.9 Å². The Bertz CT molecular complexity index is 288. The molecule has 1 N–H and O–H groups in total. The zero-order valence-corrected chi connectivity index (χ0v) is 7.08. The van der Waals surface area contributed by atoms with Crippen LogP contribution in [0, 0.1) is 0 Å². The summed E-state index contributed by atoms with van der Waals surface area (Å²) in [5.74, 6) is -1.57. The molecule has 0 saturated heterocycles. The van der Waals surface area contributed by atoms with E-state index in [4.69, 9.17) is 9.84 Å². The molecule has 0 aromatic carbocycles. The summed E-state index contributed by atoms with van der Waals surface area (Å²) in [6.07, 6.45) is 2.39. The first kappa shape index (κ1) is 9.51. The third kappa shape index (κ3) is 1.96. The molecule has 0 aromatic heterocycles. The van der Waals surface area contributed by atoms with Gasteiger partial charge in [-0.15, -0.1) is 0 Å². The van der Waals surface area contributed by atoms with Gasteiger partial charge in [0.15, 0.2) is 0 Å². The van der Waals surface area contributed by atoms with Crippen molar-refractivity contribution in [1.82, 2.24) is 0 Å². The Morgan fingerprint density at radius 2 is 2.08 bits per heavy atom. The number of carboxylic acids is 1. The van der Waals surface area contributed by atoms with Crippen LogP contribution < -0.4 is 0 Å². The molecule has 1 aliphatic carbocycles. The summed E-state index contributed by atoms with van der Waals surface area (Å²) >= 11 is 0. The highest BCUT2D eigenvalue weighted by Gasteiger charge is 2.28. The van der Waals surface area contributed by atoms with Gasteiger partial charge in [-0.1, -0.05) is 12.7 Å². The number of hydrogen-bond donors (Lipinski definition) is 1. The summed E-state index contributed by atoms with van der Waals surface area (Å²) in [7, 11) is 0. The number of esters is 1. The molecule has 0 radical (unpaired) electrons. The van der Waals surface area contributed by atoms with Gasteiger partial charge < -0.3 is 9.84 Å². The average molecular weight is 182 g/mol. The molecule has 0 saturated carbocycles. The Morgan fingerprint density at radius 1 is 1.46 bits per heavy atom. The molecular weight excluding hydrogens is 172 g/mol. The number of carbonyl (C=O) groups is 2. The van der Waals surface area contributed by atoms with Gasteiger partial charge in [0.25, 0.3) is 0 Å². The van der Waals surface area contributed by atoms with Gasteiger partial charge in [-0.05, 0) is 12.8 Å². The topological polar surface area (TPSA) is 63.6 Å². The van der Waals surface area contributed by atoms with Gasteiger partial charge in [0.05, 0.1) is 0 Å². The fraction of sp³-hybridized carbons (Fsp3) is 0.333. The molecule has 0 aromatic rings. The van der Waals surface area contributed by atoms with Crippen LogP contribution in [0.2, 0.25) is 0 Å². The summed E-state index contributed by atoms with van der Waals surface area (Å²) in [6.45, 7) is 3.50. The minimum absolute atomic E-state index is 0.120. The lowest BCUT2D eigenvalue weighted by Gasteiger charge is -2.18. The highest BCUT2D eigenvalue weighted by atomic mass is 16.5. The van der Waals surface area contributed by atoms with Crippen LogP contribution in [0.4, 0.5) is 0 Å². The highest BCUT2D eigenvalue weighted by molar-refractivity contribution is 6.02. The molecule has 0 heterocycles. The minimum atomic E-state index is -1.03. The van der Waals surface area contributed by atoms with Crippen molar-refractivity contribution in [2.45, 2.75) is 12.8 Å². The van der Waals surface area contributed by atoms with Crippen molar-refractivity contribution in [3.8, 4) is 0 Å². The second-order valence-corrected chi connectivity index (χ2v) is 2.65. The summed E-state index contributed by atoms with van der Waals surface area (Å²) in [5, 5.41) is 8.59. The molecule has 70 valence electrons. The predicted octanol–water partition coefficient (Wildman–Crippen LogP) is 0.891. The van der Waals surface area contributed by atoms with E-state index in [0.29, 0.717) is 12.8 Å². The van der Waals surface area contributed by atoms with E-state index in [1.165, 1.54) is 6.08 Å². The fourth-order valence-electron chi connectivity index (χ4n) is 1.06. The SMILES string of the molecule is C=CCOC(=O)C1=C(C(=O)O)CC1. The zero-order valence-electron chi connectivity index (χ0n) is 7.08. The van der Waals surface area contributed by atoms with E-state index < -0.39 is 11.9 Å². The van der Waals surface area contributed by atoms with Crippen molar-refractivity contribution in [3.63, 3.8) is 0 Å². The van der Waals surface area contributed by atoms with E-state index in [0.717, 1.165) is 0 Å². The first-order valence-electron chi connectivity index (χ1n) is 3.90. The Morgan fingerprint density at radius 3 is 2.46 bits per heavy atom. The van der Waals surface area contributed by atoms with Crippen LogP contribution in [0.5, 0.6) is 0 Å². The first-order valence-corrected chi connectivity index (χ1v) is 3.90. The molecule has 0 unspecified atom stereocenters. The van der Waals surface area contributed by atoms with Crippen molar-refractivity contribution in [3.05, 3.63) is 23.8 Å².